The van der Waals surface area contributed by atoms with E-state index in [4.69, 9.17) is 0 Å². The van der Waals surface area contributed by atoms with Crippen LogP contribution in [0.2, 0.25) is 0 Å². The molecule has 0 fully saturated rings. The average molecular weight is 411 g/mol. The minimum atomic E-state index is -3.38. The van der Waals surface area contributed by atoms with Crippen molar-refractivity contribution in [3.05, 3.63) is 64.1 Å². The highest BCUT2D eigenvalue weighted by Crippen LogP contribution is 2.23. The molecule has 0 bridgehead atoms. The molecule has 0 aliphatic carbocycles. The zero-order valence-corrected chi connectivity index (χ0v) is 16.7. The summed E-state index contributed by atoms with van der Waals surface area (Å²) < 4.78 is 26.5. The van der Waals surface area contributed by atoms with E-state index in [1.54, 1.807) is 12.1 Å². The van der Waals surface area contributed by atoms with E-state index in [1.165, 1.54) is 24.0 Å². The molecule has 0 aliphatic rings. The quantitative estimate of drug-likeness (QED) is 0.778. The van der Waals surface area contributed by atoms with Gasteiger partial charge in [-0.15, -0.1) is 0 Å². The Hall–Kier alpha value is -1.21. The third-order valence-electron chi connectivity index (χ3n) is 4.01. The molecule has 6 heteroatoms. The molecule has 24 heavy (non-hydrogen) atoms. The molecule has 0 spiro atoms. The van der Waals surface area contributed by atoms with Crippen molar-refractivity contribution in [1.82, 2.24) is 9.62 Å². The third kappa shape index (κ3) is 4.45. The first-order valence-electron chi connectivity index (χ1n) is 7.76. The average Bonchev–Trinajstić information content (AvgIpc) is 2.54. The van der Waals surface area contributed by atoms with Crippen molar-refractivity contribution in [2.75, 3.05) is 14.1 Å². The predicted octanol–water partition coefficient (Wildman–Crippen LogP) is 4.11. The third-order valence-corrected chi connectivity index (χ3v) is 6.33. The van der Waals surface area contributed by atoms with Gasteiger partial charge < -0.3 is 5.32 Å². The lowest BCUT2D eigenvalue weighted by Crippen LogP contribution is -2.23. The van der Waals surface area contributed by atoms with Crippen LogP contribution in [0.1, 0.15) is 37.1 Å². The Morgan fingerprint density at radius 2 is 1.54 bits per heavy atom. The Morgan fingerprint density at radius 3 is 2.08 bits per heavy atom. The van der Waals surface area contributed by atoms with Crippen molar-refractivity contribution in [3.63, 3.8) is 0 Å². The number of hydrogen-bond donors (Lipinski definition) is 1. The second kappa shape index (κ2) is 7.78. The summed E-state index contributed by atoms with van der Waals surface area (Å²) in [5, 5.41) is 3.54. The molecule has 1 N–H and O–H groups in total. The number of rotatable bonds is 6. The molecule has 130 valence electrons. The minimum Gasteiger partial charge on any atom is -0.304 e. The topological polar surface area (TPSA) is 49.4 Å². The molecule has 4 nitrogen and oxygen atoms in total. The molecule has 2 rings (SSSR count). The Labute approximate surface area is 153 Å². The molecule has 0 radical (unpaired) electrons. The van der Waals surface area contributed by atoms with Gasteiger partial charge in [-0.05, 0) is 49.2 Å². The van der Waals surface area contributed by atoms with Crippen LogP contribution in [0.15, 0.2) is 57.9 Å². The number of benzene rings is 2. The van der Waals surface area contributed by atoms with Gasteiger partial charge in [-0.25, -0.2) is 12.7 Å². The van der Waals surface area contributed by atoms with Gasteiger partial charge in [0.05, 0.1) is 4.90 Å². The van der Waals surface area contributed by atoms with Gasteiger partial charge in [0.25, 0.3) is 0 Å². The Balaban J connectivity index is 2.12. The van der Waals surface area contributed by atoms with Gasteiger partial charge in [-0.3, -0.25) is 0 Å². The largest absolute Gasteiger partial charge is 0.304 e. The summed E-state index contributed by atoms with van der Waals surface area (Å²) in [7, 11) is -0.313. The normalized spacial score (nSPS) is 14.6. The first-order chi connectivity index (χ1) is 11.2. The second-order valence-corrected chi connectivity index (χ2v) is 9.09. The predicted molar refractivity (Wildman–Crippen MR) is 101 cm³/mol. The molecular weight excluding hydrogens is 388 g/mol. The zero-order chi connectivity index (χ0) is 17.9. The monoisotopic (exact) mass is 410 g/mol. The van der Waals surface area contributed by atoms with Gasteiger partial charge in [0, 0.05) is 30.7 Å². The van der Waals surface area contributed by atoms with Crippen LogP contribution >= 0.6 is 15.9 Å². The van der Waals surface area contributed by atoms with Crippen LogP contribution in [0.5, 0.6) is 0 Å². The first-order valence-corrected chi connectivity index (χ1v) is 9.99. The van der Waals surface area contributed by atoms with Crippen LogP contribution in [-0.2, 0) is 10.0 Å². The van der Waals surface area contributed by atoms with Crippen LogP contribution in [0, 0.1) is 0 Å². The maximum Gasteiger partial charge on any atom is 0.242 e. The molecule has 0 heterocycles. The van der Waals surface area contributed by atoms with Crippen molar-refractivity contribution in [1.29, 1.82) is 0 Å². The van der Waals surface area contributed by atoms with Crippen molar-refractivity contribution < 1.29 is 8.42 Å². The smallest absolute Gasteiger partial charge is 0.242 e. The van der Waals surface area contributed by atoms with Gasteiger partial charge in [0.15, 0.2) is 0 Å². The van der Waals surface area contributed by atoms with E-state index in [0.29, 0.717) is 4.90 Å². The van der Waals surface area contributed by atoms with Gasteiger partial charge in [0.2, 0.25) is 10.0 Å². The maximum atomic E-state index is 12.1. The molecular formula is C18H23BrN2O2S. The molecule has 0 saturated carbocycles. The molecule has 0 aromatic heterocycles. The van der Waals surface area contributed by atoms with E-state index in [-0.39, 0.29) is 12.1 Å². The van der Waals surface area contributed by atoms with E-state index >= 15 is 0 Å². The Bertz CT molecular complexity index is 789. The minimum absolute atomic E-state index is 0.107. The van der Waals surface area contributed by atoms with E-state index < -0.39 is 10.0 Å². The highest BCUT2D eigenvalue weighted by atomic mass is 79.9. The lowest BCUT2D eigenvalue weighted by atomic mass is 10.0. The van der Waals surface area contributed by atoms with Crippen LogP contribution in [0.3, 0.4) is 0 Å². The summed E-state index contributed by atoms with van der Waals surface area (Å²) in [6.07, 6.45) is 0. The number of halogens is 1. The molecule has 2 atom stereocenters. The van der Waals surface area contributed by atoms with Crippen molar-refractivity contribution in [3.8, 4) is 0 Å². The van der Waals surface area contributed by atoms with Crippen LogP contribution in [-0.4, -0.2) is 26.8 Å². The zero-order valence-electron chi connectivity index (χ0n) is 14.3. The highest BCUT2D eigenvalue weighted by Gasteiger charge is 2.18. The summed E-state index contributed by atoms with van der Waals surface area (Å²) in [4.78, 5) is 0.309. The van der Waals surface area contributed by atoms with E-state index in [0.717, 1.165) is 10.0 Å². The number of sulfonamides is 1. The Morgan fingerprint density at radius 1 is 0.958 bits per heavy atom. The maximum absolute atomic E-state index is 12.1. The summed E-state index contributed by atoms with van der Waals surface area (Å²) in [5.74, 6) is 0. The van der Waals surface area contributed by atoms with Gasteiger partial charge in [-0.2, -0.15) is 0 Å². The molecule has 0 saturated heterocycles. The molecule has 2 aromatic rings. The van der Waals surface area contributed by atoms with E-state index in [1.807, 2.05) is 24.3 Å². The molecule has 0 aliphatic heterocycles. The van der Waals surface area contributed by atoms with Crippen molar-refractivity contribution in [2.24, 2.45) is 0 Å². The first kappa shape index (κ1) is 19.1. The fourth-order valence-corrected chi connectivity index (χ4v) is 3.80. The highest BCUT2D eigenvalue weighted by molar-refractivity contribution is 9.10. The molecule has 0 unspecified atom stereocenters. The lowest BCUT2D eigenvalue weighted by Gasteiger charge is -2.21. The fraction of sp³-hybridized carbons (Fsp3) is 0.333. The summed E-state index contributed by atoms with van der Waals surface area (Å²) in [6, 6.07) is 15.5. The van der Waals surface area contributed by atoms with Crippen molar-refractivity contribution >= 4 is 26.0 Å². The van der Waals surface area contributed by atoms with Crippen LogP contribution < -0.4 is 5.32 Å². The number of nitrogens with zero attached hydrogens (tertiary/aromatic N) is 1. The molecule has 2 aromatic carbocycles. The van der Waals surface area contributed by atoms with E-state index in [2.05, 4.69) is 47.2 Å². The SMILES string of the molecule is C[C@H](N[C@H](C)c1ccc(S(=O)(=O)N(C)C)cc1)c1cccc(Br)c1. The lowest BCUT2D eigenvalue weighted by molar-refractivity contribution is 0.494. The summed E-state index contributed by atoms with van der Waals surface area (Å²) in [5.41, 5.74) is 2.25. The van der Waals surface area contributed by atoms with Crippen LogP contribution in [0.4, 0.5) is 0 Å². The summed E-state index contributed by atoms with van der Waals surface area (Å²) >= 11 is 3.49. The van der Waals surface area contributed by atoms with Gasteiger partial charge >= 0.3 is 0 Å². The van der Waals surface area contributed by atoms with Crippen LogP contribution in [0.25, 0.3) is 0 Å². The van der Waals surface area contributed by atoms with Gasteiger partial charge in [0.1, 0.15) is 0 Å². The Kier molecular flexibility index (Phi) is 6.20. The van der Waals surface area contributed by atoms with E-state index in [9.17, 15) is 8.42 Å². The van der Waals surface area contributed by atoms with Crippen molar-refractivity contribution in [2.45, 2.75) is 30.8 Å². The fourth-order valence-electron chi connectivity index (χ4n) is 2.48. The standard InChI is InChI=1S/C18H23BrN2O2S/c1-13(20-14(2)16-6-5-7-17(19)12-16)15-8-10-18(11-9-15)24(22,23)21(3)4/h5-14,20H,1-4H3/t13-,14+/m1/s1. The molecule has 0 amide bonds. The van der Waals surface area contributed by atoms with Gasteiger partial charge in [-0.1, -0.05) is 40.2 Å². The summed E-state index contributed by atoms with van der Waals surface area (Å²) in [6.45, 7) is 4.19. The second-order valence-electron chi connectivity index (χ2n) is 6.02. The number of nitrogens with one attached hydrogen (secondary N) is 1. The number of hydrogen-bond acceptors (Lipinski definition) is 3.